The summed E-state index contributed by atoms with van der Waals surface area (Å²) in [4.78, 5) is 5.23. The lowest BCUT2D eigenvalue weighted by molar-refractivity contribution is 0.281. The van der Waals surface area contributed by atoms with E-state index in [4.69, 9.17) is 24.8 Å². The van der Waals surface area contributed by atoms with Gasteiger partial charge in [-0.15, -0.1) is 5.16 Å². The summed E-state index contributed by atoms with van der Waals surface area (Å²) in [6.45, 7) is 25.4. The molecular formula is C64H86N4O4. The van der Waals surface area contributed by atoms with Gasteiger partial charge in [-0.25, -0.2) is 0 Å². The number of likely N-dealkylation sites (tertiary alicyclic amines) is 2. The molecule has 72 heavy (non-hydrogen) atoms. The van der Waals surface area contributed by atoms with Crippen molar-refractivity contribution in [3.63, 3.8) is 0 Å². The molecular weight excluding hydrogens is 889 g/mol. The molecule has 2 N–H and O–H groups in total. The molecule has 8 heteroatoms. The minimum Gasteiger partial charge on any atom is -0.493 e. The molecule has 2 saturated heterocycles. The van der Waals surface area contributed by atoms with Gasteiger partial charge in [0.2, 0.25) is 0 Å². The fraction of sp³-hybridized carbons (Fsp3) is 0.406. The quantitative estimate of drug-likeness (QED) is 0.0582. The highest BCUT2D eigenvalue weighted by Crippen LogP contribution is 2.37. The summed E-state index contributed by atoms with van der Waals surface area (Å²) in [5, 5.41) is 16.4. The molecule has 0 aromatic heterocycles. The van der Waals surface area contributed by atoms with Crippen molar-refractivity contribution in [1.29, 1.82) is 5.41 Å². The Morgan fingerprint density at radius 2 is 1.08 bits per heavy atom. The van der Waals surface area contributed by atoms with Crippen LogP contribution in [0, 0.1) is 25.2 Å². The van der Waals surface area contributed by atoms with Crippen LogP contribution in [0.2, 0.25) is 0 Å². The van der Waals surface area contributed by atoms with Gasteiger partial charge in [0, 0.05) is 45.6 Å². The van der Waals surface area contributed by atoms with E-state index in [-0.39, 0.29) is 5.41 Å². The molecule has 0 saturated carbocycles. The first-order chi connectivity index (χ1) is 35.1. The fourth-order valence-electron chi connectivity index (χ4n) is 8.88. The second kappa shape index (κ2) is 34.2. The van der Waals surface area contributed by atoms with Crippen LogP contribution in [0.1, 0.15) is 98.7 Å². The summed E-state index contributed by atoms with van der Waals surface area (Å²) in [5.74, 6) is 3.33. The Labute approximate surface area is 434 Å². The van der Waals surface area contributed by atoms with Crippen LogP contribution < -0.4 is 9.47 Å². The lowest BCUT2D eigenvalue weighted by Gasteiger charge is -2.32. The van der Waals surface area contributed by atoms with E-state index in [1.165, 1.54) is 104 Å². The van der Waals surface area contributed by atoms with Crippen LogP contribution in [0.15, 0.2) is 169 Å². The van der Waals surface area contributed by atoms with E-state index in [2.05, 4.69) is 140 Å². The lowest BCUT2D eigenvalue weighted by atomic mass is 9.73. The van der Waals surface area contributed by atoms with Gasteiger partial charge in [-0.1, -0.05) is 190 Å². The largest absolute Gasteiger partial charge is 0.493 e. The van der Waals surface area contributed by atoms with E-state index in [1.807, 2.05) is 86.6 Å². The normalized spacial score (nSPS) is 15.0. The second-order valence-electron chi connectivity index (χ2n) is 19.2. The molecule has 10 rings (SSSR count). The predicted octanol–water partition coefficient (Wildman–Crippen LogP) is 14.3. The molecule has 2 fully saturated rings. The lowest BCUT2D eigenvalue weighted by Crippen LogP contribution is -2.32. The number of benzene rings is 6. The van der Waals surface area contributed by atoms with Crippen molar-refractivity contribution in [2.45, 2.75) is 105 Å². The Morgan fingerprint density at radius 1 is 0.653 bits per heavy atom. The maximum Gasteiger partial charge on any atom is 0.180 e. The predicted molar refractivity (Wildman–Crippen MR) is 303 cm³/mol. The first kappa shape index (κ1) is 58.4. The van der Waals surface area contributed by atoms with Crippen LogP contribution in [0.5, 0.6) is 11.5 Å². The van der Waals surface area contributed by atoms with Crippen molar-refractivity contribution in [3.05, 3.63) is 203 Å². The molecule has 0 bridgehead atoms. The summed E-state index contributed by atoms with van der Waals surface area (Å²) in [7, 11) is 0. The van der Waals surface area contributed by atoms with Crippen LogP contribution in [0.3, 0.4) is 0 Å². The molecule has 1 unspecified atom stereocenters. The van der Waals surface area contributed by atoms with Crippen molar-refractivity contribution in [2.75, 3.05) is 59.1 Å². The molecule has 1 atom stereocenters. The number of fused-ring (bicyclic) bond motifs is 2. The Bertz CT molecular complexity index is 2270. The van der Waals surface area contributed by atoms with Gasteiger partial charge in [0.25, 0.3) is 0 Å². The number of hydrogen-bond acceptors (Lipinski definition) is 8. The molecule has 6 aromatic rings. The van der Waals surface area contributed by atoms with E-state index in [9.17, 15) is 0 Å². The summed E-state index contributed by atoms with van der Waals surface area (Å²) >= 11 is 0. The van der Waals surface area contributed by atoms with Gasteiger partial charge < -0.3 is 29.2 Å². The fourth-order valence-corrected chi connectivity index (χ4v) is 8.88. The molecule has 4 aliphatic rings. The summed E-state index contributed by atoms with van der Waals surface area (Å²) in [5.41, 5.74) is 10.1. The first-order valence-electron chi connectivity index (χ1n) is 26.4. The van der Waals surface area contributed by atoms with E-state index in [1.54, 1.807) is 0 Å². The number of rotatable bonds is 11. The molecule has 4 aliphatic heterocycles. The molecule has 0 spiro atoms. The maximum atomic E-state index is 7.08. The third-order valence-corrected chi connectivity index (χ3v) is 13.3. The summed E-state index contributed by atoms with van der Waals surface area (Å²) in [6, 6.07) is 57.0. The molecule has 4 heterocycles. The average molecular weight is 975 g/mol. The Balaban J connectivity index is 0.000000204. The summed E-state index contributed by atoms with van der Waals surface area (Å²) in [6.07, 6.45) is 10.3. The van der Waals surface area contributed by atoms with Crippen molar-refractivity contribution in [1.82, 2.24) is 9.80 Å². The van der Waals surface area contributed by atoms with Crippen molar-refractivity contribution < 1.29 is 19.4 Å². The number of oxime groups is 1. The molecule has 386 valence electrons. The van der Waals surface area contributed by atoms with Crippen molar-refractivity contribution in [3.8, 4) is 11.5 Å². The topological polar surface area (TPSA) is 90.6 Å². The second-order valence-corrected chi connectivity index (χ2v) is 19.2. The Morgan fingerprint density at radius 3 is 1.50 bits per heavy atom. The minimum absolute atomic E-state index is 0.251. The SMILES string of the molecule is C=NO.CC(C)(c1ccccc1)C1CCN(CCc2ccc3c(c2)CCO3)C1.CCCOC(=N)CC.Cc1ccccc1.Cc1ccccc1.c1cc2c(cc1CCN1CCCC1)CCO2.c1ccccc1. The summed E-state index contributed by atoms with van der Waals surface area (Å²) < 4.78 is 16.1. The highest BCUT2D eigenvalue weighted by atomic mass is 16.5. The van der Waals surface area contributed by atoms with Crippen LogP contribution in [0.25, 0.3) is 0 Å². The first-order valence-corrected chi connectivity index (χ1v) is 26.4. The van der Waals surface area contributed by atoms with E-state index in [0.29, 0.717) is 18.9 Å². The molecule has 0 aliphatic carbocycles. The number of hydrogen-bond donors (Lipinski definition) is 2. The van der Waals surface area contributed by atoms with E-state index >= 15 is 0 Å². The van der Waals surface area contributed by atoms with Crippen molar-refractivity contribution >= 4 is 12.6 Å². The zero-order chi connectivity index (χ0) is 51.7. The van der Waals surface area contributed by atoms with Gasteiger partial charge in [0.1, 0.15) is 11.5 Å². The molecule has 8 nitrogen and oxygen atoms in total. The smallest absolute Gasteiger partial charge is 0.180 e. The monoisotopic (exact) mass is 975 g/mol. The maximum absolute atomic E-state index is 7.08. The van der Waals surface area contributed by atoms with Crippen LogP contribution in [-0.2, 0) is 35.8 Å². The molecule has 6 aromatic carbocycles. The van der Waals surface area contributed by atoms with Crippen LogP contribution >= 0.6 is 0 Å². The zero-order valence-electron chi connectivity index (χ0n) is 44.6. The third kappa shape index (κ3) is 22.5. The average Bonchev–Trinajstić information content (AvgIpc) is 4.28. The van der Waals surface area contributed by atoms with Gasteiger partial charge in [-0.3, -0.25) is 5.41 Å². The van der Waals surface area contributed by atoms with Crippen molar-refractivity contribution in [2.24, 2.45) is 11.1 Å². The number of nitrogens with one attached hydrogen (secondary N) is 1. The van der Waals surface area contributed by atoms with Gasteiger partial charge >= 0.3 is 0 Å². The van der Waals surface area contributed by atoms with Gasteiger partial charge in [0.15, 0.2) is 5.90 Å². The third-order valence-electron chi connectivity index (χ3n) is 13.3. The Kier molecular flexibility index (Phi) is 27.7. The highest BCUT2D eigenvalue weighted by molar-refractivity contribution is 5.72. The van der Waals surface area contributed by atoms with Crippen LogP contribution in [-0.4, -0.2) is 86.7 Å². The van der Waals surface area contributed by atoms with Gasteiger partial charge in [0.05, 0.1) is 19.8 Å². The highest BCUT2D eigenvalue weighted by Gasteiger charge is 2.36. The Hall–Kier alpha value is -6.22. The molecule has 0 radical (unpaired) electrons. The minimum atomic E-state index is 0.251. The van der Waals surface area contributed by atoms with E-state index < -0.39 is 0 Å². The van der Waals surface area contributed by atoms with E-state index in [0.717, 1.165) is 56.3 Å². The number of nitrogens with zero attached hydrogens (tertiary/aromatic N) is 3. The zero-order valence-corrected chi connectivity index (χ0v) is 44.6. The standard InChI is InChI=1S/C23H29NO.C14H19NO.2C7H8.C6H13NO.C6H6.CH3NO/c1-23(2,20-6-4-3-5-7-20)21-11-14-24(17-21)13-10-18-8-9-22-19(16-18)12-15-25-22;1-2-8-15(7-1)9-5-12-3-4-14-13(11-12)6-10-16-14;2*1-7-5-3-2-4-6-7;1-3-5-8-6(7)4-2;1-2-4-6-5-3-1;1-2-3/h3-9,16,21H,10-15,17H2,1-2H3;3-4,11H,1-2,5-10H2;2*2-6H,1H3;7H,3-5H2,1-2H3;1-6H;3H,1H2. The number of aryl methyl sites for hydroxylation is 2. The number of ether oxygens (including phenoxy) is 3. The van der Waals surface area contributed by atoms with Gasteiger partial charge in [-0.05, 0) is 123 Å². The van der Waals surface area contributed by atoms with Gasteiger partial charge in [-0.2, -0.15) is 0 Å². The van der Waals surface area contributed by atoms with Crippen LogP contribution in [0.4, 0.5) is 0 Å². The molecule has 0 amide bonds.